The second kappa shape index (κ2) is 8.21. The van der Waals surface area contributed by atoms with Crippen molar-refractivity contribution >= 4 is 27.0 Å². The van der Waals surface area contributed by atoms with Gasteiger partial charge in [0.1, 0.15) is 6.04 Å². The normalized spacial score (nSPS) is 18.7. The van der Waals surface area contributed by atoms with Crippen LogP contribution in [0.15, 0.2) is 40.2 Å². The highest BCUT2D eigenvalue weighted by molar-refractivity contribution is 7.91. The van der Waals surface area contributed by atoms with Gasteiger partial charge in [0.2, 0.25) is 4.34 Å². The molecule has 2 heterocycles. The number of thiazole rings is 1. The van der Waals surface area contributed by atoms with Gasteiger partial charge in [-0.1, -0.05) is 18.1 Å². The summed E-state index contributed by atoms with van der Waals surface area (Å²) in [5.74, 6) is 5.85. The molecule has 0 N–H and O–H groups in total. The fraction of sp³-hybridized carbons (Fsp3) is 0.450. The van der Waals surface area contributed by atoms with Gasteiger partial charge in [0, 0.05) is 36.9 Å². The van der Waals surface area contributed by atoms with Crippen molar-refractivity contribution in [1.29, 1.82) is 0 Å². The molecule has 2 aromatic rings. The summed E-state index contributed by atoms with van der Waals surface area (Å²) in [6.07, 6.45) is -2.92. The number of nitrogens with zero attached hydrogens (tertiary/aromatic N) is 3. The van der Waals surface area contributed by atoms with Gasteiger partial charge in [0.05, 0.1) is 5.41 Å². The molecule has 0 bridgehead atoms. The Morgan fingerprint density at radius 3 is 2.37 bits per heavy atom. The lowest BCUT2D eigenvalue weighted by atomic mass is 9.84. The van der Waals surface area contributed by atoms with Crippen LogP contribution in [0.25, 0.3) is 0 Å². The van der Waals surface area contributed by atoms with Gasteiger partial charge >= 0.3 is 6.18 Å². The molecule has 0 radical (unpaired) electrons. The highest BCUT2D eigenvalue weighted by Crippen LogP contribution is 2.41. The Morgan fingerprint density at radius 1 is 1.17 bits per heavy atom. The predicted octanol–water partition coefficient (Wildman–Crippen LogP) is 3.89. The van der Waals surface area contributed by atoms with Crippen LogP contribution in [-0.2, 0) is 15.4 Å². The summed E-state index contributed by atoms with van der Waals surface area (Å²) in [4.78, 5) is 5.84. The third-order valence-electron chi connectivity index (χ3n) is 5.25. The van der Waals surface area contributed by atoms with Gasteiger partial charge < -0.3 is 4.90 Å². The molecule has 0 saturated carbocycles. The lowest BCUT2D eigenvalue weighted by Crippen LogP contribution is -2.54. The molecule has 0 spiro atoms. The van der Waals surface area contributed by atoms with E-state index in [9.17, 15) is 21.6 Å². The molecule has 1 fully saturated rings. The first-order valence-electron chi connectivity index (χ1n) is 9.24. The minimum atomic E-state index is -4.36. The molecule has 1 aliphatic rings. The molecule has 10 heteroatoms. The molecule has 1 saturated heterocycles. The van der Waals surface area contributed by atoms with Crippen LogP contribution in [0.4, 0.5) is 18.9 Å². The second-order valence-electron chi connectivity index (χ2n) is 7.43. The van der Waals surface area contributed by atoms with Crippen molar-refractivity contribution in [3.8, 4) is 11.8 Å². The maximum atomic E-state index is 13.3. The van der Waals surface area contributed by atoms with E-state index >= 15 is 0 Å². The third kappa shape index (κ3) is 4.19. The number of halogens is 3. The molecule has 1 unspecified atom stereocenters. The topological polar surface area (TPSA) is 53.5 Å². The monoisotopic (exact) mass is 457 g/mol. The van der Waals surface area contributed by atoms with E-state index in [1.165, 1.54) is 22.6 Å². The summed E-state index contributed by atoms with van der Waals surface area (Å²) in [6, 6.07) is 5.80. The Kier molecular flexibility index (Phi) is 6.18. The second-order valence-corrected chi connectivity index (χ2v) is 10.4. The minimum Gasteiger partial charge on any atom is -0.355 e. The van der Waals surface area contributed by atoms with Crippen LogP contribution in [0.1, 0.15) is 26.3 Å². The first-order chi connectivity index (χ1) is 14.0. The molecule has 1 aromatic carbocycles. The number of hydrogen-bond acceptors (Lipinski definition) is 5. The Morgan fingerprint density at radius 2 is 1.83 bits per heavy atom. The molecule has 162 valence electrons. The van der Waals surface area contributed by atoms with Crippen LogP contribution in [0.2, 0.25) is 0 Å². The molecule has 1 aliphatic heterocycles. The molecule has 30 heavy (non-hydrogen) atoms. The van der Waals surface area contributed by atoms with E-state index in [-0.39, 0.29) is 23.0 Å². The van der Waals surface area contributed by atoms with Crippen LogP contribution in [0.5, 0.6) is 0 Å². The summed E-state index contributed by atoms with van der Waals surface area (Å²) in [5, 5.41) is 1.61. The van der Waals surface area contributed by atoms with Gasteiger partial charge in [0.25, 0.3) is 10.0 Å². The number of anilines is 1. The van der Waals surface area contributed by atoms with Crippen molar-refractivity contribution in [2.24, 2.45) is 0 Å². The first kappa shape index (κ1) is 22.6. The van der Waals surface area contributed by atoms with Gasteiger partial charge in [-0.25, -0.2) is 13.4 Å². The molecule has 3 rings (SSSR count). The standard InChI is InChI=1S/C20H22F3N3O2S2/c1-4-5-17-14-25(30(27,28)18-24-10-13-29-18)11-12-26(17)16-8-6-15(7-9-16)19(2,3)20(21,22)23/h6-10,13,17H,11-12,14H2,1-3H3. The van der Waals surface area contributed by atoms with Crippen molar-refractivity contribution in [3.05, 3.63) is 41.4 Å². The summed E-state index contributed by atoms with van der Waals surface area (Å²) in [7, 11) is -3.70. The molecule has 1 atom stereocenters. The number of alkyl halides is 3. The zero-order valence-electron chi connectivity index (χ0n) is 16.8. The number of hydrogen-bond donors (Lipinski definition) is 0. The summed E-state index contributed by atoms with van der Waals surface area (Å²) >= 11 is 1.06. The van der Waals surface area contributed by atoms with Crippen LogP contribution >= 0.6 is 11.3 Å². The number of aromatic nitrogens is 1. The summed E-state index contributed by atoms with van der Waals surface area (Å²) in [5.41, 5.74) is -1.09. The fourth-order valence-corrected chi connectivity index (χ4v) is 5.66. The van der Waals surface area contributed by atoms with Gasteiger partial charge in [-0.2, -0.15) is 17.5 Å². The van der Waals surface area contributed by atoms with E-state index in [4.69, 9.17) is 0 Å². The molecule has 1 aromatic heterocycles. The van der Waals surface area contributed by atoms with E-state index in [1.54, 1.807) is 24.4 Å². The SMILES string of the molecule is CC#CC1CN(S(=O)(=O)c2nccs2)CCN1c1ccc(C(C)(C)C(F)(F)F)cc1. The highest BCUT2D eigenvalue weighted by Gasteiger charge is 2.48. The number of rotatable bonds is 4. The third-order valence-corrected chi connectivity index (χ3v) is 8.30. The summed E-state index contributed by atoms with van der Waals surface area (Å²) < 4.78 is 66.9. The van der Waals surface area contributed by atoms with E-state index in [0.717, 1.165) is 25.2 Å². The van der Waals surface area contributed by atoms with Crippen molar-refractivity contribution < 1.29 is 21.6 Å². The maximum Gasteiger partial charge on any atom is 0.397 e. The largest absolute Gasteiger partial charge is 0.397 e. The summed E-state index contributed by atoms with van der Waals surface area (Å²) in [6.45, 7) is 4.72. The van der Waals surface area contributed by atoms with Crippen molar-refractivity contribution in [3.63, 3.8) is 0 Å². The molecule has 5 nitrogen and oxygen atoms in total. The molecular weight excluding hydrogens is 435 g/mol. The van der Waals surface area contributed by atoms with Crippen LogP contribution < -0.4 is 4.90 Å². The molecule has 0 aliphatic carbocycles. The van der Waals surface area contributed by atoms with Crippen LogP contribution in [-0.4, -0.2) is 49.6 Å². The van der Waals surface area contributed by atoms with Crippen LogP contribution in [0, 0.1) is 11.8 Å². The van der Waals surface area contributed by atoms with E-state index in [0.29, 0.717) is 12.2 Å². The highest BCUT2D eigenvalue weighted by atomic mass is 32.2. The van der Waals surface area contributed by atoms with Gasteiger partial charge in [-0.3, -0.25) is 0 Å². The zero-order chi connectivity index (χ0) is 22.2. The fourth-order valence-electron chi connectivity index (χ4n) is 3.26. The maximum absolute atomic E-state index is 13.3. The van der Waals surface area contributed by atoms with E-state index in [2.05, 4.69) is 16.8 Å². The quantitative estimate of drug-likeness (QED) is 0.654. The van der Waals surface area contributed by atoms with Gasteiger partial charge in [-0.05, 0) is 38.5 Å². The molecule has 0 amide bonds. The van der Waals surface area contributed by atoms with E-state index in [1.807, 2.05) is 4.90 Å². The van der Waals surface area contributed by atoms with Gasteiger partial charge in [-0.15, -0.1) is 17.3 Å². The number of benzene rings is 1. The lowest BCUT2D eigenvalue weighted by Gasteiger charge is -2.39. The number of sulfonamides is 1. The van der Waals surface area contributed by atoms with Crippen molar-refractivity contribution in [1.82, 2.24) is 9.29 Å². The average Bonchev–Trinajstić information content (AvgIpc) is 3.23. The van der Waals surface area contributed by atoms with Crippen molar-refractivity contribution in [2.75, 3.05) is 24.5 Å². The Hall–Kier alpha value is -2.09. The Balaban J connectivity index is 1.84. The van der Waals surface area contributed by atoms with Crippen molar-refractivity contribution in [2.45, 2.75) is 42.7 Å². The average molecular weight is 458 g/mol. The van der Waals surface area contributed by atoms with E-state index < -0.39 is 27.7 Å². The lowest BCUT2D eigenvalue weighted by molar-refractivity contribution is -0.180. The Labute approximate surface area is 178 Å². The number of piperazine rings is 1. The van der Waals surface area contributed by atoms with Crippen LogP contribution in [0.3, 0.4) is 0 Å². The Bertz CT molecular complexity index is 1040. The smallest absolute Gasteiger partial charge is 0.355 e. The predicted molar refractivity (Wildman–Crippen MR) is 111 cm³/mol. The molecular formula is C20H22F3N3O2S2. The minimum absolute atomic E-state index is 0.0397. The van der Waals surface area contributed by atoms with Gasteiger partial charge in [0.15, 0.2) is 0 Å². The first-order valence-corrected chi connectivity index (χ1v) is 11.6. The zero-order valence-corrected chi connectivity index (χ0v) is 18.4.